The maximum Gasteiger partial charge on any atom is 0.247 e. The van der Waals surface area contributed by atoms with E-state index in [1.54, 1.807) is 4.90 Å². The Morgan fingerprint density at radius 3 is 2.31 bits per heavy atom. The molecular weight excluding hydrogens is 360 g/mol. The molecule has 1 N–H and O–H groups in total. The first-order valence-electron chi connectivity index (χ1n) is 10.5. The molecule has 0 spiro atoms. The number of rotatable bonds is 8. The minimum absolute atomic E-state index is 0.118. The molecule has 1 atom stereocenters. The van der Waals surface area contributed by atoms with Crippen molar-refractivity contribution in [3.05, 3.63) is 83.4 Å². The highest BCUT2D eigenvalue weighted by Crippen LogP contribution is 2.24. The van der Waals surface area contributed by atoms with Crippen molar-refractivity contribution >= 4 is 11.8 Å². The van der Waals surface area contributed by atoms with E-state index in [4.69, 9.17) is 0 Å². The van der Waals surface area contributed by atoms with E-state index in [0.29, 0.717) is 13.1 Å². The quantitative estimate of drug-likeness (QED) is 0.659. The largest absolute Gasteiger partial charge is 0.354 e. The number of carbonyl (C=O) groups excluding carboxylic acids is 2. The summed E-state index contributed by atoms with van der Waals surface area (Å²) in [5.41, 5.74) is 3.26. The molecule has 0 bridgehead atoms. The first-order valence-corrected chi connectivity index (χ1v) is 10.5. The number of allylic oxidation sites excluding steroid dienone is 1. The van der Waals surface area contributed by atoms with Crippen molar-refractivity contribution < 1.29 is 9.59 Å². The van der Waals surface area contributed by atoms with Crippen molar-refractivity contribution in [1.82, 2.24) is 10.2 Å². The van der Waals surface area contributed by atoms with Crippen LogP contribution in [0.25, 0.3) is 0 Å². The van der Waals surface area contributed by atoms with Gasteiger partial charge in [0.05, 0.1) is 0 Å². The zero-order valence-electron chi connectivity index (χ0n) is 17.1. The predicted molar refractivity (Wildman–Crippen MR) is 116 cm³/mol. The summed E-state index contributed by atoms with van der Waals surface area (Å²) >= 11 is 0. The average molecular weight is 391 g/mol. The second-order valence-corrected chi connectivity index (χ2v) is 7.59. The predicted octanol–water partition coefficient (Wildman–Crippen LogP) is 4.78. The van der Waals surface area contributed by atoms with Gasteiger partial charge in [-0.25, -0.2) is 0 Å². The van der Waals surface area contributed by atoms with Gasteiger partial charge >= 0.3 is 0 Å². The van der Waals surface area contributed by atoms with Crippen molar-refractivity contribution in [3.8, 4) is 0 Å². The van der Waals surface area contributed by atoms with Crippen LogP contribution in [0.3, 0.4) is 0 Å². The van der Waals surface area contributed by atoms with Crippen LogP contribution in [0.4, 0.5) is 0 Å². The van der Waals surface area contributed by atoms with Crippen LogP contribution in [0.2, 0.25) is 0 Å². The minimum Gasteiger partial charge on any atom is -0.354 e. The normalized spacial score (nSPS) is 14.6. The summed E-state index contributed by atoms with van der Waals surface area (Å²) in [6, 6.07) is 18.7. The number of nitrogens with one attached hydrogen (secondary N) is 1. The lowest BCUT2D eigenvalue weighted by atomic mass is 9.97. The molecule has 1 aliphatic rings. The van der Waals surface area contributed by atoms with Crippen molar-refractivity contribution in [2.24, 2.45) is 0 Å². The molecule has 0 saturated heterocycles. The Hall–Kier alpha value is -2.88. The fraction of sp³-hybridized carbons (Fsp3) is 0.360. The van der Waals surface area contributed by atoms with Gasteiger partial charge in [-0.1, -0.05) is 72.3 Å². The van der Waals surface area contributed by atoms with Crippen LogP contribution in [-0.4, -0.2) is 23.3 Å². The SMILES string of the molecule is CC(=O)N(Cc1ccccc1)[C@H](C(=O)NCCC1=CCCCC1)c1ccccc1. The summed E-state index contributed by atoms with van der Waals surface area (Å²) in [6.45, 7) is 2.53. The van der Waals surface area contributed by atoms with Gasteiger partial charge in [0.25, 0.3) is 0 Å². The van der Waals surface area contributed by atoms with Crippen molar-refractivity contribution in [2.45, 2.75) is 51.6 Å². The number of hydrogen-bond donors (Lipinski definition) is 1. The number of nitrogens with zero attached hydrogens (tertiary/aromatic N) is 1. The molecule has 0 unspecified atom stereocenters. The Morgan fingerprint density at radius 1 is 1.00 bits per heavy atom. The molecule has 2 aromatic rings. The van der Waals surface area contributed by atoms with Crippen molar-refractivity contribution in [3.63, 3.8) is 0 Å². The molecule has 0 heterocycles. The molecule has 2 aromatic carbocycles. The van der Waals surface area contributed by atoms with E-state index in [-0.39, 0.29) is 11.8 Å². The third-order valence-corrected chi connectivity index (χ3v) is 5.41. The molecule has 0 saturated carbocycles. The van der Waals surface area contributed by atoms with Gasteiger partial charge in [0, 0.05) is 20.0 Å². The zero-order chi connectivity index (χ0) is 20.5. The standard InChI is InChI=1S/C25H30N2O2/c1-20(28)27(19-22-13-7-3-8-14-22)24(23-15-9-4-10-16-23)25(29)26-18-17-21-11-5-2-6-12-21/h3-4,7-11,13-16,24H,2,5-6,12,17-19H2,1H3,(H,26,29)/t24-/m0/s1. The fourth-order valence-electron chi connectivity index (χ4n) is 3.85. The highest BCUT2D eigenvalue weighted by Gasteiger charge is 2.29. The van der Waals surface area contributed by atoms with Gasteiger partial charge in [0.2, 0.25) is 11.8 Å². The third-order valence-electron chi connectivity index (χ3n) is 5.41. The van der Waals surface area contributed by atoms with Gasteiger partial charge in [-0.2, -0.15) is 0 Å². The molecule has 2 amide bonds. The van der Waals surface area contributed by atoms with Crippen LogP contribution >= 0.6 is 0 Å². The number of hydrogen-bond acceptors (Lipinski definition) is 2. The molecular formula is C25H30N2O2. The summed E-state index contributed by atoms with van der Waals surface area (Å²) in [4.78, 5) is 27.4. The number of carbonyl (C=O) groups is 2. The monoisotopic (exact) mass is 390 g/mol. The Balaban J connectivity index is 1.76. The molecule has 0 aliphatic heterocycles. The molecule has 0 fully saturated rings. The van der Waals surface area contributed by atoms with Crippen molar-refractivity contribution in [2.75, 3.05) is 6.54 Å². The zero-order valence-corrected chi connectivity index (χ0v) is 17.1. The Bertz CT molecular complexity index is 830. The molecule has 0 radical (unpaired) electrons. The van der Waals surface area contributed by atoms with Gasteiger partial charge in [0.15, 0.2) is 0 Å². The molecule has 3 rings (SSSR count). The van der Waals surface area contributed by atoms with Gasteiger partial charge in [-0.15, -0.1) is 0 Å². The minimum atomic E-state index is -0.644. The Morgan fingerprint density at radius 2 is 1.69 bits per heavy atom. The van der Waals surface area contributed by atoms with Crippen LogP contribution in [0.15, 0.2) is 72.3 Å². The van der Waals surface area contributed by atoms with E-state index in [1.807, 2.05) is 60.7 Å². The van der Waals surface area contributed by atoms with Crippen LogP contribution in [0.5, 0.6) is 0 Å². The highest BCUT2D eigenvalue weighted by molar-refractivity contribution is 5.88. The lowest BCUT2D eigenvalue weighted by Gasteiger charge is -2.30. The van der Waals surface area contributed by atoms with E-state index < -0.39 is 6.04 Å². The van der Waals surface area contributed by atoms with Gasteiger partial charge < -0.3 is 10.2 Å². The Labute approximate surface area is 173 Å². The lowest BCUT2D eigenvalue weighted by Crippen LogP contribution is -2.42. The third kappa shape index (κ3) is 6.05. The smallest absolute Gasteiger partial charge is 0.247 e. The summed E-state index contributed by atoms with van der Waals surface area (Å²) in [6.07, 6.45) is 7.96. The molecule has 4 nitrogen and oxygen atoms in total. The van der Waals surface area contributed by atoms with E-state index in [2.05, 4.69) is 11.4 Å². The number of amides is 2. The first kappa shape index (κ1) is 20.8. The highest BCUT2D eigenvalue weighted by atomic mass is 16.2. The summed E-state index contributed by atoms with van der Waals surface area (Å²) in [7, 11) is 0. The maximum absolute atomic E-state index is 13.2. The molecule has 152 valence electrons. The van der Waals surface area contributed by atoms with Gasteiger partial charge in [-0.05, 0) is 43.2 Å². The second kappa shape index (κ2) is 10.6. The van der Waals surface area contributed by atoms with Crippen molar-refractivity contribution in [1.29, 1.82) is 0 Å². The molecule has 1 aliphatic carbocycles. The first-order chi connectivity index (χ1) is 14.1. The van der Waals surface area contributed by atoms with E-state index in [1.165, 1.54) is 25.3 Å². The molecule has 0 aromatic heterocycles. The average Bonchev–Trinajstić information content (AvgIpc) is 2.75. The fourth-order valence-corrected chi connectivity index (χ4v) is 3.85. The second-order valence-electron chi connectivity index (χ2n) is 7.59. The van der Waals surface area contributed by atoms with Gasteiger partial charge in [0.1, 0.15) is 6.04 Å². The van der Waals surface area contributed by atoms with Crippen LogP contribution in [0, 0.1) is 0 Å². The van der Waals surface area contributed by atoms with E-state index >= 15 is 0 Å². The lowest BCUT2D eigenvalue weighted by molar-refractivity contribution is -0.140. The Kier molecular flexibility index (Phi) is 7.62. The molecule has 29 heavy (non-hydrogen) atoms. The van der Waals surface area contributed by atoms with Crippen LogP contribution in [0.1, 0.15) is 56.2 Å². The van der Waals surface area contributed by atoms with E-state index in [9.17, 15) is 9.59 Å². The maximum atomic E-state index is 13.2. The topological polar surface area (TPSA) is 49.4 Å². The summed E-state index contributed by atoms with van der Waals surface area (Å²) in [5, 5.41) is 3.08. The van der Waals surface area contributed by atoms with Gasteiger partial charge in [-0.3, -0.25) is 9.59 Å². The molecule has 4 heteroatoms. The summed E-state index contributed by atoms with van der Waals surface area (Å²) in [5.74, 6) is -0.244. The van der Waals surface area contributed by atoms with Crippen LogP contribution in [-0.2, 0) is 16.1 Å². The van der Waals surface area contributed by atoms with Crippen LogP contribution < -0.4 is 5.32 Å². The summed E-state index contributed by atoms with van der Waals surface area (Å²) < 4.78 is 0. The van der Waals surface area contributed by atoms with E-state index in [0.717, 1.165) is 30.4 Å². The number of benzene rings is 2.